The molecule has 0 spiro atoms. The Kier molecular flexibility index (Phi) is 4.73. The Labute approximate surface area is 122 Å². The van der Waals surface area contributed by atoms with Crippen LogP contribution < -0.4 is 5.32 Å². The second-order valence-corrected chi connectivity index (χ2v) is 5.13. The zero-order valence-electron chi connectivity index (χ0n) is 11.4. The summed E-state index contributed by atoms with van der Waals surface area (Å²) < 4.78 is 27.4. The molecule has 20 heavy (non-hydrogen) atoms. The van der Waals surface area contributed by atoms with Crippen molar-refractivity contribution in [2.45, 2.75) is 19.9 Å². The van der Waals surface area contributed by atoms with Crippen molar-refractivity contribution < 1.29 is 8.78 Å². The molecule has 1 N–H and O–H groups in total. The molecule has 0 bridgehead atoms. The molecular formula is C16H16ClF2N. The molecule has 0 aliphatic rings. The lowest BCUT2D eigenvalue weighted by molar-refractivity contribution is 0.483. The van der Waals surface area contributed by atoms with Gasteiger partial charge in [0.15, 0.2) is 11.6 Å². The van der Waals surface area contributed by atoms with Gasteiger partial charge in [0, 0.05) is 10.6 Å². The van der Waals surface area contributed by atoms with Crippen molar-refractivity contribution in [1.29, 1.82) is 0 Å². The maximum atomic E-state index is 14.0. The first-order valence-corrected chi connectivity index (χ1v) is 6.85. The summed E-state index contributed by atoms with van der Waals surface area (Å²) in [5, 5.41) is 3.76. The molecular weight excluding hydrogens is 280 g/mol. The molecule has 1 nitrogen and oxygen atoms in total. The van der Waals surface area contributed by atoms with Crippen LogP contribution in [0.5, 0.6) is 0 Å². The second-order valence-electron chi connectivity index (χ2n) is 4.70. The molecule has 0 fully saturated rings. The molecule has 2 aromatic carbocycles. The van der Waals surface area contributed by atoms with Gasteiger partial charge in [-0.2, -0.15) is 0 Å². The molecule has 0 amide bonds. The molecule has 0 saturated carbocycles. The summed E-state index contributed by atoms with van der Waals surface area (Å²) in [5.41, 5.74) is 2.09. The Hall–Kier alpha value is -1.45. The average molecular weight is 296 g/mol. The number of hydrogen-bond donors (Lipinski definition) is 1. The molecule has 2 rings (SSSR count). The van der Waals surface area contributed by atoms with E-state index in [1.165, 1.54) is 6.07 Å². The van der Waals surface area contributed by atoms with Crippen molar-refractivity contribution in [2.75, 3.05) is 6.54 Å². The number of aryl methyl sites for hydroxylation is 1. The number of hydrogen-bond acceptors (Lipinski definition) is 1. The third-order valence-corrected chi connectivity index (χ3v) is 3.32. The van der Waals surface area contributed by atoms with Crippen molar-refractivity contribution in [3.05, 3.63) is 69.7 Å². The van der Waals surface area contributed by atoms with Crippen LogP contribution in [0, 0.1) is 18.6 Å². The summed E-state index contributed by atoms with van der Waals surface area (Å²) in [6, 6.07) is 9.31. The lowest BCUT2D eigenvalue weighted by Crippen LogP contribution is -2.23. The third kappa shape index (κ3) is 3.17. The van der Waals surface area contributed by atoms with Crippen molar-refractivity contribution in [3.63, 3.8) is 0 Å². The molecule has 0 heterocycles. The van der Waals surface area contributed by atoms with Crippen LogP contribution in [0.1, 0.15) is 29.7 Å². The van der Waals surface area contributed by atoms with Gasteiger partial charge in [-0.1, -0.05) is 36.7 Å². The molecule has 0 aromatic heterocycles. The van der Waals surface area contributed by atoms with Crippen molar-refractivity contribution in [2.24, 2.45) is 0 Å². The molecule has 0 saturated heterocycles. The first kappa shape index (κ1) is 14.9. The standard InChI is InChI=1S/C16H16ClF2N/c1-3-20-16(11-7-10(2)8-12(17)9-11)13-5-4-6-14(18)15(13)19/h4-9,16,20H,3H2,1-2H3. The van der Waals surface area contributed by atoms with Gasteiger partial charge in [-0.25, -0.2) is 8.78 Å². The lowest BCUT2D eigenvalue weighted by atomic mass is 9.96. The fraction of sp³-hybridized carbons (Fsp3) is 0.250. The van der Waals surface area contributed by atoms with Crippen LogP contribution in [0.3, 0.4) is 0 Å². The highest BCUT2D eigenvalue weighted by Gasteiger charge is 2.19. The Morgan fingerprint density at radius 2 is 1.95 bits per heavy atom. The summed E-state index contributed by atoms with van der Waals surface area (Å²) in [4.78, 5) is 0. The topological polar surface area (TPSA) is 12.0 Å². The monoisotopic (exact) mass is 295 g/mol. The fourth-order valence-electron chi connectivity index (χ4n) is 2.29. The molecule has 106 valence electrons. The number of nitrogens with one attached hydrogen (secondary N) is 1. The van der Waals surface area contributed by atoms with Gasteiger partial charge in [-0.3, -0.25) is 0 Å². The van der Waals surface area contributed by atoms with E-state index in [-0.39, 0.29) is 5.56 Å². The van der Waals surface area contributed by atoms with Gasteiger partial charge in [0.25, 0.3) is 0 Å². The Morgan fingerprint density at radius 3 is 2.60 bits per heavy atom. The first-order valence-electron chi connectivity index (χ1n) is 6.47. The highest BCUT2D eigenvalue weighted by atomic mass is 35.5. The van der Waals surface area contributed by atoms with E-state index < -0.39 is 17.7 Å². The van der Waals surface area contributed by atoms with E-state index in [1.54, 1.807) is 12.1 Å². The zero-order chi connectivity index (χ0) is 14.7. The smallest absolute Gasteiger partial charge is 0.163 e. The first-order chi connectivity index (χ1) is 9.52. The Balaban J connectivity index is 2.53. The number of rotatable bonds is 4. The van der Waals surface area contributed by atoms with Gasteiger partial charge in [0.05, 0.1) is 6.04 Å². The summed E-state index contributed by atoms with van der Waals surface area (Å²) in [5.74, 6) is -1.67. The minimum absolute atomic E-state index is 0.286. The van der Waals surface area contributed by atoms with E-state index in [0.717, 1.165) is 17.2 Å². The van der Waals surface area contributed by atoms with Gasteiger partial charge in [0.2, 0.25) is 0 Å². The van der Waals surface area contributed by atoms with E-state index >= 15 is 0 Å². The van der Waals surface area contributed by atoms with E-state index in [2.05, 4.69) is 5.32 Å². The van der Waals surface area contributed by atoms with Crippen molar-refractivity contribution >= 4 is 11.6 Å². The van der Waals surface area contributed by atoms with Crippen LogP contribution in [-0.4, -0.2) is 6.54 Å². The average Bonchev–Trinajstić information content (AvgIpc) is 2.38. The maximum Gasteiger partial charge on any atom is 0.163 e. The number of benzene rings is 2. The van der Waals surface area contributed by atoms with E-state index in [1.807, 2.05) is 26.0 Å². The van der Waals surface area contributed by atoms with Crippen molar-refractivity contribution in [3.8, 4) is 0 Å². The minimum atomic E-state index is -0.843. The molecule has 1 unspecified atom stereocenters. The predicted molar refractivity (Wildman–Crippen MR) is 78.1 cm³/mol. The summed E-state index contributed by atoms with van der Waals surface area (Å²) in [6.07, 6.45) is 0. The Bertz CT molecular complexity index is 593. The van der Waals surface area contributed by atoms with Crippen LogP contribution in [0.4, 0.5) is 8.78 Å². The Morgan fingerprint density at radius 1 is 1.20 bits per heavy atom. The lowest BCUT2D eigenvalue weighted by Gasteiger charge is -2.20. The minimum Gasteiger partial charge on any atom is -0.306 e. The highest BCUT2D eigenvalue weighted by Crippen LogP contribution is 2.28. The highest BCUT2D eigenvalue weighted by molar-refractivity contribution is 6.30. The van der Waals surface area contributed by atoms with Gasteiger partial charge in [-0.15, -0.1) is 0 Å². The van der Waals surface area contributed by atoms with Crippen LogP contribution in [0.25, 0.3) is 0 Å². The van der Waals surface area contributed by atoms with Crippen LogP contribution >= 0.6 is 11.6 Å². The van der Waals surface area contributed by atoms with Gasteiger partial charge in [0.1, 0.15) is 0 Å². The molecule has 1 atom stereocenters. The van der Waals surface area contributed by atoms with Crippen molar-refractivity contribution in [1.82, 2.24) is 5.32 Å². The van der Waals surface area contributed by atoms with Gasteiger partial charge >= 0.3 is 0 Å². The van der Waals surface area contributed by atoms with Gasteiger partial charge in [-0.05, 0) is 42.8 Å². The second kappa shape index (κ2) is 6.33. The van der Waals surface area contributed by atoms with Crippen LogP contribution in [0.2, 0.25) is 5.02 Å². The third-order valence-electron chi connectivity index (χ3n) is 3.10. The predicted octanol–water partition coefficient (Wildman–Crippen LogP) is 4.63. The molecule has 0 aliphatic heterocycles. The van der Waals surface area contributed by atoms with E-state index in [4.69, 9.17) is 11.6 Å². The summed E-state index contributed by atoms with van der Waals surface area (Å²) in [6.45, 7) is 4.47. The summed E-state index contributed by atoms with van der Waals surface area (Å²) >= 11 is 6.06. The fourth-order valence-corrected chi connectivity index (χ4v) is 2.58. The normalized spacial score (nSPS) is 12.4. The molecule has 0 aliphatic carbocycles. The molecule has 4 heteroatoms. The SMILES string of the molecule is CCNC(c1cc(C)cc(Cl)c1)c1cccc(F)c1F. The molecule has 2 aromatic rings. The van der Waals surface area contributed by atoms with Gasteiger partial charge < -0.3 is 5.32 Å². The van der Waals surface area contributed by atoms with Crippen LogP contribution in [-0.2, 0) is 0 Å². The summed E-state index contributed by atoms with van der Waals surface area (Å²) in [7, 11) is 0. The zero-order valence-corrected chi connectivity index (χ0v) is 12.1. The largest absolute Gasteiger partial charge is 0.306 e. The van der Waals surface area contributed by atoms with E-state index in [9.17, 15) is 8.78 Å². The van der Waals surface area contributed by atoms with Crippen LogP contribution in [0.15, 0.2) is 36.4 Å². The maximum absolute atomic E-state index is 14.0. The van der Waals surface area contributed by atoms with E-state index in [0.29, 0.717) is 11.6 Å². The quantitative estimate of drug-likeness (QED) is 0.867. The molecule has 0 radical (unpaired) electrons. The number of halogens is 3.